The molecule has 0 aliphatic rings. The molecule has 0 aliphatic carbocycles. The summed E-state index contributed by atoms with van der Waals surface area (Å²) in [6.07, 6.45) is 2.97. The Kier molecular flexibility index (Phi) is 5.84. The summed E-state index contributed by atoms with van der Waals surface area (Å²) in [5, 5.41) is 5.16. The fourth-order valence-electron chi connectivity index (χ4n) is 3.39. The van der Waals surface area contributed by atoms with Crippen LogP contribution in [0.3, 0.4) is 0 Å². The molecular weight excluding hydrogens is 384 g/mol. The quantitative estimate of drug-likeness (QED) is 0.405. The van der Waals surface area contributed by atoms with Gasteiger partial charge in [0.1, 0.15) is 5.69 Å². The molecule has 1 N–H and O–H groups in total. The van der Waals surface area contributed by atoms with E-state index in [0.29, 0.717) is 5.69 Å². The van der Waals surface area contributed by atoms with Crippen LogP contribution in [0.15, 0.2) is 72.1 Å². The highest BCUT2D eigenvalue weighted by Gasteiger charge is 2.17. The first-order chi connectivity index (χ1) is 13.7. The van der Waals surface area contributed by atoms with Crippen LogP contribution in [-0.4, -0.2) is 16.7 Å². The van der Waals surface area contributed by atoms with E-state index in [-0.39, 0.29) is 5.91 Å². The van der Waals surface area contributed by atoms with Gasteiger partial charge in [0.15, 0.2) is 0 Å². The highest BCUT2D eigenvalue weighted by atomic mass is 32.2. The van der Waals surface area contributed by atoms with Crippen molar-refractivity contribution < 1.29 is 4.79 Å². The highest BCUT2D eigenvalue weighted by molar-refractivity contribution is 7.97. The van der Waals surface area contributed by atoms with E-state index < -0.39 is 0 Å². The van der Waals surface area contributed by atoms with Crippen LogP contribution in [-0.2, 0) is 18.7 Å². The number of nitrogens with zero attached hydrogens (tertiary/aromatic N) is 1. The van der Waals surface area contributed by atoms with Crippen molar-refractivity contribution in [2.75, 3.05) is 11.6 Å². The molecule has 0 atom stereocenters. The predicted molar refractivity (Wildman–Crippen MR) is 122 cm³/mol. The number of aromatic nitrogens is 1. The maximum Gasteiger partial charge on any atom is 0.272 e. The standard InChI is InChI=1S/C23H22N2OS2/c1-27-16-18-8-5-9-19(14-18)24-23(26)21-15-22-20(11-13-28-22)25(21)12-10-17-6-3-2-4-7-17/h2-9,11,13-15H,10,12,16H2,1H3,(H,24,26). The Morgan fingerprint density at radius 2 is 1.86 bits per heavy atom. The Morgan fingerprint density at radius 3 is 2.68 bits per heavy atom. The summed E-state index contributed by atoms with van der Waals surface area (Å²) in [5.74, 6) is 0.880. The number of rotatable bonds is 7. The second kappa shape index (κ2) is 8.67. The van der Waals surface area contributed by atoms with Gasteiger partial charge in [-0.3, -0.25) is 4.79 Å². The van der Waals surface area contributed by atoms with Crippen LogP contribution in [0.1, 0.15) is 21.6 Å². The first-order valence-corrected chi connectivity index (χ1v) is 11.5. The van der Waals surface area contributed by atoms with E-state index in [4.69, 9.17) is 0 Å². The number of carbonyl (C=O) groups is 1. The Hall–Kier alpha value is -2.50. The van der Waals surface area contributed by atoms with Crippen molar-refractivity contribution in [1.82, 2.24) is 4.57 Å². The molecule has 2 aromatic carbocycles. The van der Waals surface area contributed by atoms with Gasteiger partial charge in [-0.2, -0.15) is 11.8 Å². The molecule has 4 aromatic rings. The summed E-state index contributed by atoms with van der Waals surface area (Å²) in [4.78, 5) is 13.1. The van der Waals surface area contributed by atoms with Crippen molar-refractivity contribution in [1.29, 1.82) is 0 Å². The molecule has 1 amide bonds. The molecule has 0 saturated carbocycles. The topological polar surface area (TPSA) is 34.0 Å². The van der Waals surface area contributed by atoms with Crippen LogP contribution in [0.25, 0.3) is 10.2 Å². The van der Waals surface area contributed by atoms with Crippen molar-refractivity contribution in [2.24, 2.45) is 0 Å². The number of benzene rings is 2. The molecule has 28 heavy (non-hydrogen) atoms. The number of anilines is 1. The van der Waals surface area contributed by atoms with Crippen LogP contribution in [0.5, 0.6) is 0 Å². The number of thiophene rings is 1. The van der Waals surface area contributed by atoms with Crippen LogP contribution < -0.4 is 5.32 Å². The number of hydrogen-bond acceptors (Lipinski definition) is 3. The van der Waals surface area contributed by atoms with Gasteiger partial charge >= 0.3 is 0 Å². The van der Waals surface area contributed by atoms with Crippen molar-refractivity contribution in [3.05, 3.63) is 88.9 Å². The first kappa shape index (κ1) is 18.8. The van der Waals surface area contributed by atoms with Gasteiger partial charge in [-0.15, -0.1) is 11.3 Å². The maximum atomic E-state index is 13.1. The summed E-state index contributed by atoms with van der Waals surface area (Å²) in [6.45, 7) is 0.777. The monoisotopic (exact) mass is 406 g/mol. The Morgan fingerprint density at radius 1 is 1.04 bits per heavy atom. The fraction of sp³-hybridized carbons (Fsp3) is 0.174. The van der Waals surface area contributed by atoms with Crippen LogP contribution in [0, 0.1) is 0 Å². The molecular formula is C23H22N2OS2. The lowest BCUT2D eigenvalue weighted by atomic mass is 10.1. The van der Waals surface area contributed by atoms with E-state index in [0.717, 1.165) is 34.6 Å². The van der Waals surface area contributed by atoms with Gasteiger partial charge in [-0.25, -0.2) is 0 Å². The molecule has 0 aliphatic heterocycles. The zero-order valence-electron chi connectivity index (χ0n) is 15.7. The van der Waals surface area contributed by atoms with E-state index in [2.05, 4.69) is 57.9 Å². The van der Waals surface area contributed by atoms with Gasteiger partial charge in [-0.05, 0) is 53.4 Å². The molecule has 142 valence electrons. The van der Waals surface area contributed by atoms with Crippen molar-refractivity contribution in [2.45, 2.75) is 18.7 Å². The number of thioether (sulfide) groups is 1. The molecule has 5 heteroatoms. The third kappa shape index (κ3) is 4.16. The van der Waals surface area contributed by atoms with Gasteiger partial charge in [0.25, 0.3) is 5.91 Å². The molecule has 0 bridgehead atoms. The van der Waals surface area contributed by atoms with Gasteiger partial charge in [0.05, 0.1) is 10.2 Å². The Balaban J connectivity index is 1.58. The van der Waals surface area contributed by atoms with Crippen molar-refractivity contribution >= 4 is 44.9 Å². The maximum absolute atomic E-state index is 13.1. The lowest BCUT2D eigenvalue weighted by Crippen LogP contribution is -2.18. The average Bonchev–Trinajstić information content (AvgIpc) is 3.29. The second-order valence-corrected chi connectivity index (χ2v) is 8.49. The number of carbonyl (C=O) groups excluding carboxylic acids is 1. The molecule has 0 unspecified atom stereocenters. The lowest BCUT2D eigenvalue weighted by Gasteiger charge is -2.12. The number of hydrogen-bond donors (Lipinski definition) is 1. The fourth-order valence-corrected chi connectivity index (χ4v) is 4.73. The van der Waals surface area contributed by atoms with Gasteiger partial charge in [-0.1, -0.05) is 42.5 Å². The van der Waals surface area contributed by atoms with E-state index in [9.17, 15) is 4.79 Å². The third-order valence-electron chi connectivity index (χ3n) is 4.72. The summed E-state index contributed by atoms with van der Waals surface area (Å²) < 4.78 is 3.29. The van der Waals surface area contributed by atoms with E-state index in [1.165, 1.54) is 11.1 Å². The third-order valence-corrected chi connectivity index (χ3v) is 6.19. The smallest absolute Gasteiger partial charge is 0.272 e. The second-order valence-electron chi connectivity index (χ2n) is 6.67. The first-order valence-electron chi connectivity index (χ1n) is 9.24. The van der Waals surface area contributed by atoms with Gasteiger partial charge in [0.2, 0.25) is 0 Å². The molecule has 0 radical (unpaired) electrons. The van der Waals surface area contributed by atoms with E-state index in [1.54, 1.807) is 23.1 Å². The Bertz CT molecular complexity index is 1080. The summed E-state index contributed by atoms with van der Waals surface area (Å²) in [6, 6.07) is 22.6. The van der Waals surface area contributed by atoms with Crippen molar-refractivity contribution in [3.8, 4) is 0 Å². The van der Waals surface area contributed by atoms with Gasteiger partial charge in [0, 0.05) is 18.0 Å². The summed E-state index contributed by atoms with van der Waals surface area (Å²) in [7, 11) is 0. The number of nitrogens with one attached hydrogen (secondary N) is 1. The SMILES string of the molecule is CSCc1cccc(NC(=O)c2cc3sccc3n2CCc2ccccc2)c1. The highest BCUT2D eigenvalue weighted by Crippen LogP contribution is 2.26. The summed E-state index contributed by atoms with van der Waals surface area (Å²) >= 11 is 3.45. The van der Waals surface area contributed by atoms with Crippen molar-refractivity contribution in [3.63, 3.8) is 0 Å². The normalized spacial score (nSPS) is 11.0. The number of amides is 1. The zero-order chi connectivity index (χ0) is 19.3. The molecule has 0 fully saturated rings. The van der Waals surface area contributed by atoms with Crippen LogP contribution >= 0.6 is 23.1 Å². The van der Waals surface area contributed by atoms with Gasteiger partial charge < -0.3 is 9.88 Å². The zero-order valence-corrected chi connectivity index (χ0v) is 17.4. The predicted octanol–water partition coefficient (Wildman–Crippen LogP) is 6.06. The average molecular weight is 407 g/mol. The molecule has 0 spiro atoms. The van der Waals surface area contributed by atoms with E-state index in [1.807, 2.05) is 30.3 Å². The molecule has 2 aromatic heterocycles. The molecule has 2 heterocycles. The Labute approximate surface area is 173 Å². The summed E-state index contributed by atoms with van der Waals surface area (Å²) in [5.41, 5.74) is 5.17. The lowest BCUT2D eigenvalue weighted by molar-refractivity contribution is 0.101. The number of aryl methyl sites for hydroxylation is 2. The van der Waals surface area contributed by atoms with Crippen LogP contribution in [0.2, 0.25) is 0 Å². The van der Waals surface area contributed by atoms with Crippen LogP contribution in [0.4, 0.5) is 5.69 Å². The molecule has 4 rings (SSSR count). The minimum atomic E-state index is -0.0576. The molecule has 0 saturated heterocycles. The van der Waals surface area contributed by atoms with E-state index >= 15 is 0 Å². The number of fused-ring (bicyclic) bond motifs is 1. The largest absolute Gasteiger partial charge is 0.335 e. The minimum Gasteiger partial charge on any atom is -0.335 e. The molecule has 3 nitrogen and oxygen atoms in total. The minimum absolute atomic E-state index is 0.0576.